The Bertz CT molecular complexity index is 1010. The van der Waals surface area contributed by atoms with Gasteiger partial charge in [-0.25, -0.2) is 14.8 Å². The molecule has 11 heteroatoms. The molecule has 2 atom stereocenters. The number of anilines is 1. The summed E-state index contributed by atoms with van der Waals surface area (Å²) in [6, 6.07) is -0.466. The standard InChI is InChI=1S/C29H50BN5O5/c1-19(2)23(33-26(37)38-27(5,6)7)24(36)34-14-12-13-21(17-34)18-35(20(3)4)25-31-15-22(16-32-25)30-39-28(8,9)29(10,11)40-30/h15-16,19-21,23H,12-14,17-18H2,1-11H3,(H,33,37)/t21-,23+/m0/s1. The number of alkyl carbamates (subject to hydrolysis) is 1. The number of carbonyl (C=O) groups is 2. The lowest BCUT2D eigenvalue weighted by molar-refractivity contribution is -0.136. The molecule has 40 heavy (non-hydrogen) atoms. The van der Waals surface area contributed by atoms with Crippen LogP contribution in [-0.2, 0) is 18.8 Å². The van der Waals surface area contributed by atoms with Crippen molar-refractivity contribution in [1.29, 1.82) is 0 Å². The number of hydrogen-bond donors (Lipinski definition) is 1. The van der Waals surface area contributed by atoms with Gasteiger partial charge < -0.3 is 29.2 Å². The second kappa shape index (κ2) is 12.2. The maximum Gasteiger partial charge on any atom is 0.498 e. The topological polar surface area (TPSA) is 106 Å². The van der Waals surface area contributed by atoms with Crippen molar-refractivity contribution in [2.75, 3.05) is 24.5 Å². The highest BCUT2D eigenvalue weighted by Crippen LogP contribution is 2.36. The number of hydrogen-bond acceptors (Lipinski definition) is 8. The van der Waals surface area contributed by atoms with Crippen molar-refractivity contribution in [3.8, 4) is 0 Å². The molecule has 1 aromatic rings. The number of nitrogens with one attached hydrogen (secondary N) is 1. The lowest BCUT2D eigenvalue weighted by Crippen LogP contribution is -2.55. The molecule has 2 aliphatic heterocycles. The summed E-state index contributed by atoms with van der Waals surface area (Å²) >= 11 is 0. The Kier molecular flexibility index (Phi) is 9.82. The molecule has 3 heterocycles. The van der Waals surface area contributed by atoms with E-state index < -0.39 is 36.1 Å². The molecular weight excluding hydrogens is 509 g/mol. The second-order valence-electron chi connectivity index (χ2n) is 13.8. The highest BCUT2D eigenvalue weighted by atomic mass is 16.7. The van der Waals surface area contributed by atoms with E-state index in [4.69, 9.17) is 14.0 Å². The lowest BCUT2D eigenvalue weighted by Gasteiger charge is -2.39. The molecule has 10 nitrogen and oxygen atoms in total. The minimum absolute atomic E-state index is 0.0651. The number of carbonyl (C=O) groups excluding carboxylic acids is 2. The summed E-state index contributed by atoms with van der Waals surface area (Å²) in [5.74, 6) is 0.763. The van der Waals surface area contributed by atoms with Gasteiger partial charge in [0.1, 0.15) is 11.6 Å². The Balaban J connectivity index is 1.66. The van der Waals surface area contributed by atoms with Gasteiger partial charge in [-0.3, -0.25) is 4.79 Å². The van der Waals surface area contributed by atoms with Crippen molar-refractivity contribution >= 4 is 30.5 Å². The largest absolute Gasteiger partial charge is 0.498 e. The van der Waals surface area contributed by atoms with E-state index in [9.17, 15) is 9.59 Å². The molecular formula is C29H50BN5O5. The Morgan fingerprint density at radius 1 is 1.12 bits per heavy atom. The van der Waals surface area contributed by atoms with Gasteiger partial charge in [-0.1, -0.05) is 13.8 Å². The summed E-state index contributed by atoms with van der Waals surface area (Å²) in [7, 11) is -0.507. The average Bonchev–Trinajstić information content (AvgIpc) is 3.06. The number of piperidine rings is 1. The van der Waals surface area contributed by atoms with Crippen LogP contribution in [0.25, 0.3) is 0 Å². The van der Waals surface area contributed by atoms with E-state index in [1.54, 1.807) is 12.4 Å². The van der Waals surface area contributed by atoms with E-state index in [1.165, 1.54) is 0 Å². The molecule has 224 valence electrons. The summed E-state index contributed by atoms with van der Waals surface area (Å²) in [6.07, 6.45) is 4.91. The van der Waals surface area contributed by atoms with Crippen LogP contribution in [-0.4, -0.2) is 82.5 Å². The van der Waals surface area contributed by atoms with Gasteiger partial charge in [0.2, 0.25) is 11.9 Å². The molecule has 2 saturated heterocycles. The predicted molar refractivity (Wildman–Crippen MR) is 158 cm³/mol. The molecule has 0 radical (unpaired) electrons. The molecule has 0 spiro atoms. The van der Waals surface area contributed by atoms with E-state index in [0.717, 1.165) is 24.8 Å². The molecule has 2 fully saturated rings. The second-order valence-corrected chi connectivity index (χ2v) is 13.8. The van der Waals surface area contributed by atoms with Crippen LogP contribution in [0.4, 0.5) is 10.7 Å². The van der Waals surface area contributed by atoms with Crippen molar-refractivity contribution in [3.05, 3.63) is 12.4 Å². The van der Waals surface area contributed by atoms with Gasteiger partial charge in [-0.15, -0.1) is 0 Å². The first-order chi connectivity index (χ1) is 18.4. The molecule has 1 N–H and O–H groups in total. The van der Waals surface area contributed by atoms with E-state index in [2.05, 4.69) is 34.0 Å². The fourth-order valence-corrected chi connectivity index (χ4v) is 4.94. The van der Waals surface area contributed by atoms with Gasteiger partial charge >= 0.3 is 13.2 Å². The van der Waals surface area contributed by atoms with E-state index >= 15 is 0 Å². The third-order valence-corrected chi connectivity index (χ3v) is 7.95. The third kappa shape index (κ3) is 7.87. The maximum absolute atomic E-state index is 13.5. The van der Waals surface area contributed by atoms with Gasteiger partial charge in [0.05, 0.1) is 11.2 Å². The van der Waals surface area contributed by atoms with Gasteiger partial charge in [0.15, 0.2) is 0 Å². The molecule has 0 aliphatic carbocycles. The molecule has 0 saturated carbocycles. The van der Waals surface area contributed by atoms with Crippen LogP contribution in [0.3, 0.4) is 0 Å². The zero-order valence-corrected chi connectivity index (χ0v) is 26.4. The van der Waals surface area contributed by atoms with Crippen LogP contribution >= 0.6 is 0 Å². The number of aromatic nitrogens is 2. The van der Waals surface area contributed by atoms with Crippen molar-refractivity contribution < 1.29 is 23.6 Å². The van der Waals surface area contributed by atoms with Crippen molar-refractivity contribution in [2.24, 2.45) is 11.8 Å². The molecule has 2 aliphatic rings. The van der Waals surface area contributed by atoms with E-state index in [-0.39, 0.29) is 23.8 Å². The molecule has 1 aromatic heterocycles. The highest BCUT2D eigenvalue weighted by molar-refractivity contribution is 6.61. The van der Waals surface area contributed by atoms with Crippen LogP contribution in [0.5, 0.6) is 0 Å². The molecule has 0 unspecified atom stereocenters. The van der Waals surface area contributed by atoms with Crippen LogP contribution in [0.1, 0.15) is 89.0 Å². The van der Waals surface area contributed by atoms with Crippen LogP contribution in [0.15, 0.2) is 12.4 Å². The van der Waals surface area contributed by atoms with E-state index in [1.807, 2.05) is 67.2 Å². The molecule has 2 amide bonds. The first-order valence-corrected chi connectivity index (χ1v) is 14.6. The van der Waals surface area contributed by atoms with Crippen molar-refractivity contribution in [3.63, 3.8) is 0 Å². The number of ether oxygens (including phenoxy) is 1. The normalized spacial score (nSPS) is 21.5. The van der Waals surface area contributed by atoms with Crippen molar-refractivity contribution in [2.45, 2.75) is 118 Å². The third-order valence-electron chi connectivity index (χ3n) is 7.95. The fraction of sp³-hybridized carbons (Fsp3) is 0.793. The quantitative estimate of drug-likeness (QED) is 0.480. The average molecular weight is 560 g/mol. The number of likely N-dealkylation sites (tertiary alicyclic amines) is 1. The Labute approximate surface area is 241 Å². The summed E-state index contributed by atoms with van der Waals surface area (Å²) in [6.45, 7) is 23.7. The van der Waals surface area contributed by atoms with Gasteiger partial charge in [0, 0.05) is 43.5 Å². The number of rotatable bonds is 8. The maximum atomic E-state index is 13.5. The zero-order valence-electron chi connectivity index (χ0n) is 26.4. The van der Waals surface area contributed by atoms with Crippen LogP contribution in [0, 0.1) is 11.8 Å². The van der Waals surface area contributed by atoms with Crippen molar-refractivity contribution in [1.82, 2.24) is 20.2 Å². The lowest BCUT2D eigenvalue weighted by atomic mass is 9.81. The smallest absolute Gasteiger partial charge is 0.444 e. The van der Waals surface area contributed by atoms with Gasteiger partial charge in [-0.2, -0.15) is 0 Å². The predicted octanol–water partition coefficient (Wildman–Crippen LogP) is 3.78. The summed E-state index contributed by atoms with van der Waals surface area (Å²) in [5, 5.41) is 2.80. The fourth-order valence-electron chi connectivity index (χ4n) is 4.94. The summed E-state index contributed by atoms with van der Waals surface area (Å²) in [4.78, 5) is 39.4. The molecule has 0 aromatic carbocycles. The SMILES string of the molecule is CC(C)[C@@H](NC(=O)OC(C)(C)C)C(=O)N1CCC[C@H](CN(c2ncc(B3OC(C)(C)C(C)(C)O3)cn2)C(C)C)C1. The Morgan fingerprint density at radius 2 is 1.70 bits per heavy atom. The molecule has 3 rings (SSSR count). The first kappa shape index (κ1) is 32.1. The first-order valence-electron chi connectivity index (χ1n) is 14.6. The number of nitrogens with zero attached hydrogens (tertiary/aromatic N) is 4. The monoisotopic (exact) mass is 559 g/mol. The Hall–Kier alpha value is -2.40. The minimum atomic E-state index is -0.638. The number of amides is 2. The minimum Gasteiger partial charge on any atom is -0.444 e. The molecule has 0 bridgehead atoms. The van der Waals surface area contributed by atoms with Crippen LogP contribution < -0.4 is 15.7 Å². The summed E-state index contributed by atoms with van der Waals surface area (Å²) < 4.78 is 17.7. The highest BCUT2D eigenvalue weighted by Gasteiger charge is 2.52. The van der Waals surface area contributed by atoms with Gasteiger partial charge in [-0.05, 0) is 87.0 Å². The zero-order chi connectivity index (χ0) is 30.0. The van der Waals surface area contributed by atoms with Crippen LogP contribution in [0.2, 0.25) is 0 Å². The summed E-state index contributed by atoms with van der Waals surface area (Å²) in [5.41, 5.74) is -0.698. The Morgan fingerprint density at radius 3 is 2.20 bits per heavy atom. The van der Waals surface area contributed by atoms with Gasteiger partial charge in [0.25, 0.3) is 0 Å². The van der Waals surface area contributed by atoms with E-state index in [0.29, 0.717) is 19.0 Å².